The predicted molar refractivity (Wildman–Crippen MR) is 117 cm³/mol. The Morgan fingerprint density at radius 3 is 2.50 bits per heavy atom. The highest BCUT2D eigenvalue weighted by molar-refractivity contribution is 5.94. The predicted octanol–water partition coefficient (Wildman–Crippen LogP) is 3.34. The van der Waals surface area contributed by atoms with E-state index in [4.69, 9.17) is 4.99 Å². The number of hydrogen-bond donors (Lipinski definition) is 3. The van der Waals surface area contributed by atoms with Crippen LogP contribution in [0.15, 0.2) is 59.6 Å². The van der Waals surface area contributed by atoms with Gasteiger partial charge in [0.15, 0.2) is 5.96 Å². The van der Waals surface area contributed by atoms with Crippen LogP contribution in [0.1, 0.15) is 48.2 Å². The highest BCUT2D eigenvalue weighted by Crippen LogP contribution is 2.18. The van der Waals surface area contributed by atoms with Crippen molar-refractivity contribution in [3.05, 3.63) is 71.3 Å². The lowest BCUT2D eigenvalue weighted by Crippen LogP contribution is -2.44. The molecule has 2 aromatic carbocycles. The van der Waals surface area contributed by atoms with E-state index in [1.807, 2.05) is 30.3 Å². The van der Waals surface area contributed by atoms with Gasteiger partial charge in [-0.2, -0.15) is 0 Å². The maximum atomic E-state index is 11.8. The Morgan fingerprint density at radius 1 is 1.07 bits per heavy atom. The second-order valence-corrected chi connectivity index (χ2v) is 6.92. The molecule has 2 atom stereocenters. The highest BCUT2D eigenvalue weighted by atomic mass is 16.1. The molecule has 0 heterocycles. The quantitative estimate of drug-likeness (QED) is 0.486. The van der Waals surface area contributed by atoms with Crippen LogP contribution in [-0.4, -0.2) is 38.0 Å². The molecule has 0 spiro atoms. The fraction of sp³-hybridized carbons (Fsp3) is 0.391. The SMILES string of the molecule is CCNC(=NCCc1cccc(C(=O)NC)c1)NC(C)C(C)c1ccccc1. The Balaban J connectivity index is 1.97. The molecule has 150 valence electrons. The zero-order valence-electron chi connectivity index (χ0n) is 17.3. The number of aliphatic imine (C=N–C) groups is 1. The lowest BCUT2D eigenvalue weighted by atomic mass is 9.94. The van der Waals surface area contributed by atoms with Crippen LogP contribution in [-0.2, 0) is 6.42 Å². The van der Waals surface area contributed by atoms with Crippen molar-refractivity contribution in [2.75, 3.05) is 20.1 Å². The monoisotopic (exact) mass is 380 g/mol. The molecule has 2 unspecified atom stereocenters. The Morgan fingerprint density at radius 2 is 1.82 bits per heavy atom. The molecule has 0 aliphatic heterocycles. The van der Waals surface area contributed by atoms with E-state index in [2.05, 4.69) is 61.0 Å². The molecule has 3 N–H and O–H groups in total. The molecule has 0 aromatic heterocycles. The minimum Gasteiger partial charge on any atom is -0.357 e. The van der Waals surface area contributed by atoms with Crippen molar-refractivity contribution in [3.63, 3.8) is 0 Å². The van der Waals surface area contributed by atoms with Crippen molar-refractivity contribution >= 4 is 11.9 Å². The third-order valence-electron chi connectivity index (χ3n) is 4.87. The van der Waals surface area contributed by atoms with Crippen LogP contribution in [0.2, 0.25) is 0 Å². The van der Waals surface area contributed by atoms with Crippen molar-refractivity contribution < 1.29 is 4.79 Å². The average Bonchev–Trinajstić information content (AvgIpc) is 2.73. The van der Waals surface area contributed by atoms with E-state index >= 15 is 0 Å². The summed E-state index contributed by atoms with van der Waals surface area (Å²) in [6, 6.07) is 18.4. The summed E-state index contributed by atoms with van der Waals surface area (Å²) in [7, 11) is 1.64. The van der Waals surface area contributed by atoms with Gasteiger partial charge in [-0.3, -0.25) is 9.79 Å². The second-order valence-electron chi connectivity index (χ2n) is 6.92. The summed E-state index contributed by atoms with van der Waals surface area (Å²) in [6.07, 6.45) is 0.782. The van der Waals surface area contributed by atoms with Gasteiger partial charge in [0.1, 0.15) is 0 Å². The molecular weight excluding hydrogens is 348 g/mol. The Hall–Kier alpha value is -2.82. The second kappa shape index (κ2) is 11.1. The molecule has 28 heavy (non-hydrogen) atoms. The lowest BCUT2D eigenvalue weighted by molar-refractivity contribution is 0.0963. The van der Waals surface area contributed by atoms with Gasteiger partial charge in [0, 0.05) is 37.7 Å². The summed E-state index contributed by atoms with van der Waals surface area (Å²) in [5, 5.41) is 9.49. The number of benzene rings is 2. The third-order valence-corrected chi connectivity index (χ3v) is 4.87. The van der Waals surface area contributed by atoms with Gasteiger partial charge in [-0.1, -0.05) is 49.4 Å². The fourth-order valence-corrected chi connectivity index (χ4v) is 3.02. The number of rotatable bonds is 8. The van der Waals surface area contributed by atoms with Crippen LogP contribution in [0.3, 0.4) is 0 Å². The molecule has 1 amide bonds. The van der Waals surface area contributed by atoms with Gasteiger partial charge in [0.2, 0.25) is 0 Å². The number of hydrogen-bond acceptors (Lipinski definition) is 2. The number of carbonyl (C=O) groups is 1. The van der Waals surface area contributed by atoms with Gasteiger partial charge >= 0.3 is 0 Å². The summed E-state index contributed by atoms with van der Waals surface area (Å²) in [5.41, 5.74) is 3.09. The first-order chi connectivity index (χ1) is 13.5. The van der Waals surface area contributed by atoms with Crippen molar-refractivity contribution in [2.45, 2.75) is 39.2 Å². The smallest absolute Gasteiger partial charge is 0.251 e. The van der Waals surface area contributed by atoms with E-state index in [0.29, 0.717) is 18.0 Å². The number of amides is 1. The van der Waals surface area contributed by atoms with E-state index in [1.54, 1.807) is 7.05 Å². The minimum atomic E-state index is -0.0657. The topological polar surface area (TPSA) is 65.5 Å². The Bertz CT molecular complexity index is 773. The maximum Gasteiger partial charge on any atom is 0.251 e. The number of nitrogens with one attached hydrogen (secondary N) is 3. The fourth-order valence-electron chi connectivity index (χ4n) is 3.02. The summed E-state index contributed by atoms with van der Waals surface area (Å²) in [5.74, 6) is 1.12. The molecule has 0 aliphatic carbocycles. The molecule has 2 rings (SSSR count). The standard InChI is InChI=1S/C23H32N4O/c1-5-25-23(27-18(3)17(2)20-11-7-6-8-12-20)26-15-14-19-10-9-13-21(16-19)22(28)24-4/h6-13,16-18H,5,14-15H2,1-4H3,(H,24,28)(H2,25,26,27). The lowest BCUT2D eigenvalue weighted by Gasteiger charge is -2.24. The van der Waals surface area contributed by atoms with Gasteiger partial charge in [0.25, 0.3) is 5.91 Å². The molecule has 0 saturated heterocycles. The first-order valence-corrected chi connectivity index (χ1v) is 9.96. The maximum absolute atomic E-state index is 11.8. The molecule has 2 aromatic rings. The van der Waals surface area contributed by atoms with Crippen LogP contribution in [0, 0.1) is 0 Å². The van der Waals surface area contributed by atoms with Gasteiger partial charge in [-0.15, -0.1) is 0 Å². The molecule has 5 heteroatoms. The van der Waals surface area contributed by atoms with E-state index < -0.39 is 0 Å². The van der Waals surface area contributed by atoms with Crippen molar-refractivity contribution in [1.82, 2.24) is 16.0 Å². The number of nitrogens with zero attached hydrogens (tertiary/aromatic N) is 1. The zero-order valence-corrected chi connectivity index (χ0v) is 17.3. The molecule has 0 bridgehead atoms. The van der Waals surface area contributed by atoms with Crippen LogP contribution in [0.4, 0.5) is 0 Å². The van der Waals surface area contributed by atoms with Gasteiger partial charge in [-0.05, 0) is 43.5 Å². The largest absolute Gasteiger partial charge is 0.357 e. The van der Waals surface area contributed by atoms with E-state index in [9.17, 15) is 4.79 Å². The van der Waals surface area contributed by atoms with Crippen LogP contribution in [0.5, 0.6) is 0 Å². The van der Waals surface area contributed by atoms with E-state index in [-0.39, 0.29) is 11.9 Å². The number of guanidine groups is 1. The van der Waals surface area contributed by atoms with E-state index in [0.717, 1.165) is 24.5 Å². The molecule has 0 radical (unpaired) electrons. The molecular formula is C23H32N4O. The van der Waals surface area contributed by atoms with Crippen molar-refractivity contribution in [2.24, 2.45) is 4.99 Å². The van der Waals surface area contributed by atoms with E-state index in [1.165, 1.54) is 5.56 Å². The van der Waals surface area contributed by atoms with Gasteiger partial charge in [-0.25, -0.2) is 0 Å². The Kier molecular flexibility index (Phi) is 8.53. The van der Waals surface area contributed by atoms with Crippen molar-refractivity contribution in [1.29, 1.82) is 0 Å². The van der Waals surface area contributed by atoms with Crippen LogP contribution in [0.25, 0.3) is 0 Å². The third kappa shape index (κ3) is 6.41. The molecule has 0 fully saturated rings. The highest BCUT2D eigenvalue weighted by Gasteiger charge is 2.15. The zero-order chi connectivity index (χ0) is 20.4. The summed E-state index contributed by atoms with van der Waals surface area (Å²) in [4.78, 5) is 16.5. The molecule has 5 nitrogen and oxygen atoms in total. The molecule has 0 saturated carbocycles. The van der Waals surface area contributed by atoms with Crippen LogP contribution >= 0.6 is 0 Å². The minimum absolute atomic E-state index is 0.0657. The normalized spacial score (nSPS) is 13.5. The van der Waals surface area contributed by atoms with Crippen molar-refractivity contribution in [3.8, 4) is 0 Å². The van der Waals surface area contributed by atoms with Crippen LogP contribution < -0.4 is 16.0 Å². The Labute approximate surface area is 168 Å². The summed E-state index contributed by atoms with van der Waals surface area (Å²) < 4.78 is 0. The van der Waals surface area contributed by atoms with Gasteiger partial charge in [0.05, 0.1) is 0 Å². The average molecular weight is 381 g/mol. The summed E-state index contributed by atoms with van der Waals surface area (Å²) in [6.45, 7) is 7.93. The number of carbonyl (C=O) groups excluding carboxylic acids is 1. The van der Waals surface area contributed by atoms with Gasteiger partial charge < -0.3 is 16.0 Å². The summed E-state index contributed by atoms with van der Waals surface area (Å²) >= 11 is 0. The first-order valence-electron chi connectivity index (χ1n) is 9.96. The first kappa shape index (κ1) is 21.5. The molecule has 0 aliphatic rings.